The van der Waals surface area contributed by atoms with Gasteiger partial charge in [0.25, 0.3) is 0 Å². The van der Waals surface area contributed by atoms with Gasteiger partial charge in [0.1, 0.15) is 0 Å². The van der Waals surface area contributed by atoms with Gasteiger partial charge in [0, 0.05) is 12.3 Å². The van der Waals surface area contributed by atoms with Gasteiger partial charge in [-0.15, -0.1) is 0 Å². The second-order valence-electron chi connectivity index (χ2n) is 1.68. The summed E-state index contributed by atoms with van der Waals surface area (Å²) in [4.78, 5) is 27.2. The van der Waals surface area contributed by atoms with E-state index in [2.05, 4.69) is 9.98 Å². The molecule has 13 heavy (non-hydrogen) atoms. The van der Waals surface area contributed by atoms with Crippen molar-refractivity contribution in [3.63, 3.8) is 0 Å². The molecule has 0 fully saturated rings. The number of hydrogen-bond donors (Lipinski definition) is 1. The van der Waals surface area contributed by atoms with E-state index in [0.717, 1.165) is 18.5 Å². The molecule has 70 valence electrons. The van der Waals surface area contributed by atoms with Crippen molar-refractivity contribution in [2.45, 2.75) is 0 Å². The smallest absolute Gasteiger partial charge is 0.329 e. The maximum atomic E-state index is 10.0. The number of nitrogens with zero attached hydrogens (tertiary/aromatic N) is 2. The van der Waals surface area contributed by atoms with E-state index >= 15 is 0 Å². The van der Waals surface area contributed by atoms with Crippen molar-refractivity contribution in [2.75, 3.05) is 6.26 Å². The summed E-state index contributed by atoms with van der Waals surface area (Å²) >= 11 is 1.21. The van der Waals surface area contributed by atoms with Crippen molar-refractivity contribution >= 4 is 35.4 Å². The molecule has 0 aliphatic heterocycles. The van der Waals surface area contributed by atoms with Gasteiger partial charge >= 0.3 is 5.97 Å². The van der Waals surface area contributed by atoms with Crippen LogP contribution in [0.1, 0.15) is 0 Å². The Labute approximate surface area is 79.3 Å². The largest absolute Gasteiger partial charge is 0.478 e. The molecule has 1 N–H and O–H groups in total. The fourth-order valence-corrected chi connectivity index (χ4v) is 0.730. The van der Waals surface area contributed by atoms with Crippen LogP contribution < -0.4 is 0 Å². The standard InChI is InChI=1S/C7H8N2O3S/c1-13-7(9-4-5-10)8-3-2-6(11)12/h2-5H,1H3,(H,11,12). The van der Waals surface area contributed by atoms with Crippen LogP contribution in [-0.2, 0) is 9.59 Å². The van der Waals surface area contributed by atoms with Crippen LogP contribution in [0.15, 0.2) is 22.3 Å². The molecule has 0 saturated heterocycles. The Hall–Kier alpha value is -1.43. The Morgan fingerprint density at radius 3 is 2.69 bits per heavy atom. The number of carboxylic acid groups (broad SMARTS) is 1. The molecule has 0 aliphatic carbocycles. The number of hydrogen-bond acceptors (Lipinski definition) is 4. The van der Waals surface area contributed by atoms with Gasteiger partial charge in [-0.3, -0.25) is 4.79 Å². The van der Waals surface area contributed by atoms with Gasteiger partial charge in [-0.05, 0) is 6.26 Å². The molecule has 0 bridgehead atoms. The summed E-state index contributed by atoms with van der Waals surface area (Å²) in [7, 11) is 0. The first-order valence-corrected chi connectivity index (χ1v) is 4.42. The van der Waals surface area contributed by atoms with E-state index in [4.69, 9.17) is 5.11 Å². The van der Waals surface area contributed by atoms with E-state index in [0.29, 0.717) is 11.5 Å². The quantitative estimate of drug-likeness (QED) is 0.312. The van der Waals surface area contributed by atoms with Crippen LogP contribution in [0.2, 0.25) is 0 Å². The molecule has 0 aromatic rings. The fourth-order valence-electron chi connectivity index (χ4n) is 0.398. The second-order valence-corrected chi connectivity index (χ2v) is 2.46. The Balaban J connectivity index is 4.30. The van der Waals surface area contributed by atoms with Gasteiger partial charge in [0.15, 0.2) is 11.5 Å². The van der Waals surface area contributed by atoms with Gasteiger partial charge < -0.3 is 5.11 Å². The zero-order chi connectivity index (χ0) is 10.1. The summed E-state index contributed by atoms with van der Waals surface area (Å²) in [5.74, 6) is -1.08. The monoisotopic (exact) mass is 200 g/mol. The normalized spacial score (nSPS) is 12.5. The van der Waals surface area contributed by atoms with E-state index in [1.54, 1.807) is 6.26 Å². The first kappa shape index (κ1) is 11.6. The first-order chi connectivity index (χ1) is 6.20. The first-order valence-electron chi connectivity index (χ1n) is 3.19. The van der Waals surface area contributed by atoms with Crippen LogP contribution in [-0.4, -0.2) is 35.0 Å². The molecule has 0 aromatic carbocycles. The number of carboxylic acids is 1. The van der Waals surface area contributed by atoms with Gasteiger partial charge in [0.05, 0.1) is 6.21 Å². The number of carbonyl (C=O) groups is 2. The summed E-state index contributed by atoms with van der Waals surface area (Å²) in [6.45, 7) is 0. The number of aliphatic imine (C=N–C) groups is 2. The van der Waals surface area contributed by atoms with Crippen molar-refractivity contribution in [1.82, 2.24) is 0 Å². The zero-order valence-electron chi connectivity index (χ0n) is 6.88. The van der Waals surface area contributed by atoms with E-state index in [-0.39, 0.29) is 0 Å². The molecule has 0 spiro atoms. The average Bonchev–Trinajstić information content (AvgIpc) is 2.10. The highest BCUT2D eigenvalue weighted by Crippen LogP contribution is 1.99. The predicted molar refractivity (Wildman–Crippen MR) is 52.3 cm³/mol. The fraction of sp³-hybridized carbons (Fsp3) is 0.143. The summed E-state index contributed by atoms with van der Waals surface area (Å²) in [6, 6.07) is 0. The maximum Gasteiger partial charge on any atom is 0.329 e. The SMILES string of the molecule is CSC(N=CC=O)=NC=CC(=O)O. The number of aliphatic carboxylic acids is 1. The van der Waals surface area contributed by atoms with Crippen LogP contribution in [0.4, 0.5) is 0 Å². The van der Waals surface area contributed by atoms with Crippen LogP contribution in [0, 0.1) is 0 Å². The van der Waals surface area contributed by atoms with E-state index in [1.165, 1.54) is 11.8 Å². The minimum absolute atomic E-state index is 0.324. The van der Waals surface area contributed by atoms with E-state index in [1.807, 2.05) is 0 Å². The molecule has 0 amide bonds. The van der Waals surface area contributed by atoms with Gasteiger partial charge in [0.2, 0.25) is 0 Å². The molecular formula is C7H8N2O3S. The third kappa shape index (κ3) is 6.95. The minimum Gasteiger partial charge on any atom is -0.478 e. The lowest BCUT2D eigenvalue weighted by Gasteiger charge is -1.89. The van der Waals surface area contributed by atoms with Crippen LogP contribution in [0.25, 0.3) is 0 Å². The van der Waals surface area contributed by atoms with Gasteiger partial charge in [-0.25, -0.2) is 14.8 Å². The maximum absolute atomic E-state index is 10.0. The van der Waals surface area contributed by atoms with Crippen molar-refractivity contribution in [3.05, 3.63) is 12.3 Å². The minimum atomic E-state index is -1.08. The van der Waals surface area contributed by atoms with Crippen molar-refractivity contribution in [2.24, 2.45) is 9.98 Å². The lowest BCUT2D eigenvalue weighted by atomic mass is 10.6. The Bertz CT molecular complexity index is 271. The van der Waals surface area contributed by atoms with Crippen LogP contribution in [0.5, 0.6) is 0 Å². The number of aldehydes is 1. The van der Waals surface area contributed by atoms with Crippen molar-refractivity contribution in [1.29, 1.82) is 0 Å². The van der Waals surface area contributed by atoms with Crippen LogP contribution in [0.3, 0.4) is 0 Å². The summed E-state index contributed by atoms with van der Waals surface area (Å²) in [5.41, 5.74) is 0. The molecule has 0 radical (unpaired) electrons. The van der Waals surface area contributed by atoms with Crippen molar-refractivity contribution < 1.29 is 14.7 Å². The highest BCUT2D eigenvalue weighted by atomic mass is 32.2. The number of amidine groups is 1. The third-order valence-corrected chi connectivity index (χ3v) is 1.41. The molecule has 0 rings (SSSR count). The number of thioether (sulfide) groups is 1. The average molecular weight is 200 g/mol. The second kappa shape index (κ2) is 7.23. The lowest BCUT2D eigenvalue weighted by molar-refractivity contribution is -0.131. The highest BCUT2D eigenvalue weighted by molar-refractivity contribution is 8.13. The molecule has 0 saturated carbocycles. The predicted octanol–water partition coefficient (Wildman–Crippen LogP) is 0.573. The number of rotatable bonds is 3. The van der Waals surface area contributed by atoms with Gasteiger partial charge in [-0.1, -0.05) is 11.8 Å². The Kier molecular flexibility index (Phi) is 6.44. The highest BCUT2D eigenvalue weighted by Gasteiger charge is 1.89. The topological polar surface area (TPSA) is 79.1 Å². The molecule has 0 heterocycles. The Morgan fingerprint density at radius 1 is 1.54 bits per heavy atom. The van der Waals surface area contributed by atoms with Gasteiger partial charge in [-0.2, -0.15) is 0 Å². The van der Waals surface area contributed by atoms with E-state index in [9.17, 15) is 9.59 Å². The molecule has 6 heteroatoms. The Morgan fingerprint density at radius 2 is 2.23 bits per heavy atom. The summed E-state index contributed by atoms with van der Waals surface area (Å²) in [6.07, 6.45) is 5.27. The molecule has 0 unspecified atom stereocenters. The molecule has 0 atom stereocenters. The molecular weight excluding hydrogens is 192 g/mol. The lowest BCUT2D eigenvalue weighted by Crippen LogP contribution is -1.88. The third-order valence-electron chi connectivity index (χ3n) is 0.830. The zero-order valence-corrected chi connectivity index (χ0v) is 7.69. The molecule has 5 nitrogen and oxygen atoms in total. The number of carbonyl (C=O) groups excluding carboxylic acids is 1. The summed E-state index contributed by atoms with van der Waals surface area (Å²) in [5, 5.41) is 8.54. The summed E-state index contributed by atoms with van der Waals surface area (Å²) < 4.78 is 0. The van der Waals surface area contributed by atoms with Crippen molar-refractivity contribution in [3.8, 4) is 0 Å². The molecule has 0 aliphatic rings. The molecule has 0 aromatic heterocycles. The van der Waals surface area contributed by atoms with Crippen LogP contribution >= 0.6 is 11.8 Å². The van der Waals surface area contributed by atoms with E-state index < -0.39 is 5.97 Å².